The van der Waals surface area contributed by atoms with Gasteiger partial charge in [-0.25, -0.2) is 14.8 Å². The number of methoxy groups -OCH3 is 1. The van der Waals surface area contributed by atoms with Gasteiger partial charge in [0.1, 0.15) is 29.6 Å². The molecule has 2 bridgehead atoms. The van der Waals surface area contributed by atoms with Gasteiger partial charge in [0.25, 0.3) is 0 Å². The van der Waals surface area contributed by atoms with E-state index in [1.807, 2.05) is 21.9 Å². The van der Waals surface area contributed by atoms with E-state index in [-0.39, 0.29) is 40.8 Å². The largest absolute Gasteiger partial charge is 0.496 e. The highest BCUT2D eigenvalue weighted by Crippen LogP contribution is 2.58. The van der Waals surface area contributed by atoms with Gasteiger partial charge in [-0.1, -0.05) is 32.9 Å². The number of benzene rings is 1. The topological polar surface area (TPSA) is 98.0 Å². The average molecular weight is 683 g/mol. The molecule has 0 atom stereocenters. The molecular weight excluding hydrogens is 628 g/mol. The predicted molar refractivity (Wildman–Crippen MR) is 193 cm³/mol. The number of carbonyl (C=O) groups excluding carboxylic acids is 2. The number of hydrogen-bond acceptors (Lipinski definition) is 7. The molecule has 2 aromatic heterocycles. The highest BCUT2D eigenvalue weighted by atomic mass is 16.6. The molecule has 2 amide bonds. The van der Waals surface area contributed by atoms with E-state index in [4.69, 9.17) is 23.9 Å². The van der Waals surface area contributed by atoms with Crippen LogP contribution in [0.4, 0.5) is 10.6 Å². The van der Waals surface area contributed by atoms with Crippen molar-refractivity contribution in [2.24, 2.45) is 17.3 Å². The monoisotopic (exact) mass is 682 g/mol. The molecule has 5 aliphatic rings. The van der Waals surface area contributed by atoms with Crippen molar-refractivity contribution in [1.82, 2.24) is 14.9 Å². The summed E-state index contributed by atoms with van der Waals surface area (Å²) in [6.07, 6.45) is 13.7. The number of hydrogen-bond donors (Lipinski definition) is 0. The first-order valence-corrected chi connectivity index (χ1v) is 18.9. The van der Waals surface area contributed by atoms with E-state index in [0.717, 1.165) is 75.0 Å². The Morgan fingerprint density at radius 1 is 1.02 bits per heavy atom. The lowest BCUT2D eigenvalue weighted by atomic mass is 9.51. The summed E-state index contributed by atoms with van der Waals surface area (Å²) < 4.78 is 17.2. The standard InChI is InChI=1S/C41H54N4O5/c1-6-29-23-44(24-29)39(47)50-33-10-7-30(8-11-33)38(46)45(36-22-31(13-20-42-36)34-25-49-37(43-34)27(2)3)26-40-14-17-41(18-15-40,19-16-40)32-9-12-35(48-5)28(4)21-32/h9,12-13,20-22,25,27,29-30,33H,6-8,10-11,14-19,23-24,26H2,1-5H3. The van der Waals surface area contributed by atoms with Crippen LogP contribution in [0.2, 0.25) is 0 Å². The van der Waals surface area contributed by atoms with E-state index in [9.17, 15) is 9.59 Å². The van der Waals surface area contributed by atoms with Crippen LogP contribution in [-0.4, -0.2) is 59.7 Å². The number of ether oxygens (including phenoxy) is 2. The molecule has 0 N–H and O–H groups in total. The van der Waals surface area contributed by atoms with Gasteiger partial charge in [-0.2, -0.15) is 0 Å². The summed E-state index contributed by atoms with van der Waals surface area (Å²) in [6.45, 7) is 10.7. The minimum absolute atomic E-state index is 0.0512. The molecule has 1 aliphatic heterocycles. The van der Waals surface area contributed by atoms with Crippen molar-refractivity contribution in [3.05, 3.63) is 59.8 Å². The molecule has 5 fully saturated rings. The highest BCUT2D eigenvalue weighted by Gasteiger charge is 2.51. The first-order chi connectivity index (χ1) is 24.1. The van der Waals surface area contributed by atoms with Crippen molar-refractivity contribution in [2.45, 2.75) is 116 Å². The number of amides is 2. The summed E-state index contributed by atoms with van der Waals surface area (Å²) in [6, 6.07) is 10.7. The average Bonchev–Trinajstić information content (AvgIpc) is 3.62. The lowest BCUT2D eigenvalue weighted by Crippen LogP contribution is -2.52. The Hall–Kier alpha value is -3.88. The Morgan fingerprint density at radius 3 is 2.36 bits per heavy atom. The number of aryl methyl sites for hydroxylation is 1. The zero-order chi connectivity index (χ0) is 35.0. The zero-order valence-electron chi connectivity index (χ0n) is 30.6. The molecule has 1 saturated heterocycles. The molecule has 1 aromatic carbocycles. The number of likely N-dealkylation sites (tertiary alicyclic amines) is 1. The molecule has 268 valence electrons. The highest BCUT2D eigenvalue weighted by molar-refractivity contribution is 5.95. The first-order valence-electron chi connectivity index (χ1n) is 18.9. The van der Waals surface area contributed by atoms with Crippen LogP contribution in [0.3, 0.4) is 0 Å². The fourth-order valence-corrected chi connectivity index (χ4v) is 9.00. The van der Waals surface area contributed by atoms with Gasteiger partial charge in [-0.3, -0.25) is 9.69 Å². The second kappa shape index (κ2) is 14.0. The van der Waals surface area contributed by atoms with Crippen molar-refractivity contribution in [2.75, 3.05) is 31.6 Å². The van der Waals surface area contributed by atoms with Gasteiger partial charge in [0.15, 0.2) is 5.89 Å². The van der Waals surface area contributed by atoms with Crippen molar-refractivity contribution < 1.29 is 23.5 Å². The fourth-order valence-electron chi connectivity index (χ4n) is 9.00. The smallest absolute Gasteiger partial charge is 0.410 e. The maximum atomic E-state index is 14.7. The van der Waals surface area contributed by atoms with Crippen LogP contribution in [0.5, 0.6) is 5.75 Å². The third-order valence-corrected chi connectivity index (χ3v) is 12.6. The molecular formula is C41H54N4O5. The van der Waals surface area contributed by atoms with E-state index in [0.29, 0.717) is 49.9 Å². The van der Waals surface area contributed by atoms with Gasteiger partial charge in [0.05, 0.1) is 7.11 Å². The lowest BCUT2D eigenvalue weighted by molar-refractivity contribution is -0.124. The lowest BCUT2D eigenvalue weighted by Gasteiger charge is -2.55. The maximum absolute atomic E-state index is 14.7. The predicted octanol–water partition coefficient (Wildman–Crippen LogP) is 8.84. The second-order valence-corrected chi connectivity index (χ2v) is 16.1. The summed E-state index contributed by atoms with van der Waals surface area (Å²) in [5, 5.41) is 0. The van der Waals surface area contributed by atoms with Crippen LogP contribution >= 0.6 is 0 Å². The molecule has 8 rings (SSSR count). The summed E-state index contributed by atoms with van der Waals surface area (Å²) >= 11 is 0. The van der Waals surface area contributed by atoms with E-state index >= 15 is 0 Å². The van der Waals surface area contributed by atoms with Gasteiger partial charge in [0.2, 0.25) is 5.91 Å². The minimum Gasteiger partial charge on any atom is -0.496 e. The van der Waals surface area contributed by atoms with Gasteiger partial charge in [-0.15, -0.1) is 0 Å². The summed E-state index contributed by atoms with van der Waals surface area (Å²) in [5.41, 5.74) is 4.51. The molecule has 9 heteroatoms. The number of anilines is 1. The first kappa shape index (κ1) is 34.6. The molecule has 0 radical (unpaired) electrons. The molecule has 3 heterocycles. The van der Waals surface area contributed by atoms with Crippen molar-refractivity contribution in [1.29, 1.82) is 0 Å². The van der Waals surface area contributed by atoms with Crippen LogP contribution in [0.25, 0.3) is 11.3 Å². The molecule has 3 aromatic rings. The molecule has 4 aliphatic carbocycles. The van der Waals surface area contributed by atoms with Crippen LogP contribution in [0, 0.1) is 24.2 Å². The Morgan fingerprint density at radius 2 is 1.74 bits per heavy atom. The van der Waals surface area contributed by atoms with Crippen LogP contribution in [0.15, 0.2) is 47.2 Å². The number of fused-ring (bicyclic) bond motifs is 3. The number of rotatable bonds is 10. The Bertz CT molecular complexity index is 1660. The van der Waals surface area contributed by atoms with Gasteiger partial charge < -0.3 is 18.8 Å². The van der Waals surface area contributed by atoms with Gasteiger partial charge in [-0.05, 0) is 124 Å². The SMILES string of the molecule is CCC1CN(C(=O)OC2CCC(C(=O)N(CC34CCC(c5ccc(OC)c(C)c5)(CC3)CC4)c3cc(-c4coc(C(C)C)n4)ccn3)CC2)C1. The number of pyridine rings is 1. The number of nitrogens with zero attached hydrogens (tertiary/aromatic N) is 4. The third-order valence-electron chi connectivity index (χ3n) is 12.6. The van der Waals surface area contributed by atoms with E-state index in [1.165, 1.54) is 11.1 Å². The molecule has 4 saturated carbocycles. The molecule has 50 heavy (non-hydrogen) atoms. The summed E-state index contributed by atoms with van der Waals surface area (Å²) in [5.74, 6) is 3.10. The Balaban J connectivity index is 1.08. The summed E-state index contributed by atoms with van der Waals surface area (Å²) in [4.78, 5) is 40.7. The summed E-state index contributed by atoms with van der Waals surface area (Å²) in [7, 11) is 1.73. The van der Waals surface area contributed by atoms with Crippen molar-refractivity contribution >= 4 is 17.8 Å². The Labute approximate surface area is 297 Å². The van der Waals surface area contributed by atoms with Crippen LogP contribution < -0.4 is 9.64 Å². The van der Waals surface area contributed by atoms with E-state index in [1.54, 1.807) is 19.6 Å². The maximum Gasteiger partial charge on any atom is 0.410 e. The fraction of sp³-hybridized carbons (Fsp3) is 0.610. The van der Waals surface area contributed by atoms with Gasteiger partial charge in [0, 0.05) is 43.2 Å². The molecule has 0 unspecified atom stereocenters. The van der Waals surface area contributed by atoms with Crippen molar-refractivity contribution in [3.8, 4) is 17.0 Å². The number of oxazole rings is 1. The second-order valence-electron chi connectivity index (χ2n) is 16.1. The zero-order valence-corrected chi connectivity index (χ0v) is 30.6. The van der Waals surface area contributed by atoms with Crippen LogP contribution in [-0.2, 0) is 14.9 Å². The number of aromatic nitrogens is 2. The quantitative estimate of drug-likeness (QED) is 0.211. The van der Waals surface area contributed by atoms with E-state index < -0.39 is 0 Å². The molecule has 0 spiro atoms. The van der Waals surface area contributed by atoms with Crippen molar-refractivity contribution in [3.63, 3.8) is 0 Å². The normalized spacial score (nSPS) is 26.5. The van der Waals surface area contributed by atoms with Gasteiger partial charge >= 0.3 is 6.09 Å². The van der Waals surface area contributed by atoms with Crippen LogP contribution in [0.1, 0.15) is 114 Å². The van der Waals surface area contributed by atoms with E-state index in [2.05, 4.69) is 45.9 Å². The Kier molecular flexibility index (Phi) is 9.70. The molecule has 9 nitrogen and oxygen atoms in total. The number of carbonyl (C=O) groups is 2. The minimum atomic E-state index is -0.199. The third kappa shape index (κ3) is 6.76.